The van der Waals surface area contributed by atoms with E-state index in [1.165, 1.54) is 12.1 Å². The first-order valence-corrected chi connectivity index (χ1v) is 5.27. The molecule has 1 N–H and O–H groups in total. The maximum absolute atomic E-state index is 12.4. The summed E-state index contributed by atoms with van der Waals surface area (Å²) < 4.78 is 46.6. The molecule has 0 aromatic heterocycles. The van der Waals surface area contributed by atoms with Crippen LogP contribution in [0, 0.1) is 0 Å². The highest BCUT2D eigenvalue weighted by atomic mass is 19.4. The number of hydrogen-bond donors (Lipinski definition) is 1. The van der Waals surface area contributed by atoms with Crippen LogP contribution in [0.1, 0.15) is 12.5 Å². The molecule has 106 valence electrons. The molecule has 1 unspecified atom stereocenters. The first-order valence-electron chi connectivity index (χ1n) is 5.27. The lowest BCUT2D eigenvalue weighted by Gasteiger charge is -2.20. The van der Waals surface area contributed by atoms with Crippen molar-refractivity contribution in [3.05, 3.63) is 29.8 Å². The van der Waals surface area contributed by atoms with Crippen LogP contribution in [0.2, 0.25) is 0 Å². The fraction of sp³-hybridized carbons (Fsp3) is 0.417. The average Bonchev–Trinajstić information content (AvgIpc) is 2.35. The van der Waals surface area contributed by atoms with E-state index in [9.17, 15) is 23.1 Å². The summed E-state index contributed by atoms with van der Waals surface area (Å²) in [5.74, 6) is -1.03. The van der Waals surface area contributed by atoms with Crippen molar-refractivity contribution in [1.82, 2.24) is 0 Å². The monoisotopic (exact) mass is 278 g/mol. The molecule has 0 aliphatic heterocycles. The molecule has 4 nitrogen and oxygen atoms in total. The molecule has 0 saturated carbocycles. The van der Waals surface area contributed by atoms with Gasteiger partial charge in [-0.2, -0.15) is 13.2 Å². The van der Waals surface area contributed by atoms with Gasteiger partial charge in [0.1, 0.15) is 12.4 Å². The van der Waals surface area contributed by atoms with E-state index in [0.717, 1.165) is 26.2 Å². The van der Waals surface area contributed by atoms with Crippen LogP contribution in [0.4, 0.5) is 13.2 Å². The van der Waals surface area contributed by atoms with Crippen LogP contribution in [0.15, 0.2) is 24.3 Å². The summed E-state index contributed by atoms with van der Waals surface area (Å²) in [5, 5.41) is 9.65. The SMILES string of the molecule is COC(=O)C(C)(O)COc1cccc(C(F)(F)F)c1. The molecule has 7 heteroatoms. The predicted octanol–water partition coefficient (Wildman–Crippen LogP) is 2.01. The molecule has 0 bridgehead atoms. The van der Waals surface area contributed by atoms with Crippen LogP contribution in [0.5, 0.6) is 5.75 Å². The van der Waals surface area contributed by atoms with Crippen molar-refractivity contribution in [2.45, 2.75) is 18.7 Å². The number of alkyl halides is 3. The Morgan fingerprint density at radius 3 is 2.53 bits per heavy atom. The number of rotatable bonds is 4. The second-order valence-corrected chi connectivity index (χ2v) is 4.08. The number of benzene rings is 1. The molecule has 0 heterocycles. The first-order chi connectivity index (χ1) is 8.66. The van der Waals surface area contributed by atoms with E-state index in [1.54, 1.807) is 0 Å². The lowest BCUT2D eigenvalue weighted by Crippen LogP contribution is -2.42. The van der Waals surface area contributed by atoms with Crippen molar-refractivity contribution in [2.24, 2.45) is 0 Å². The highest BCUT2D eigenvalue weighted by Gasteiger charge is 2.33. The maximum Gasteiger partial charge on any atom is 0.416 e. The van der Waals surface area contributed by atoms with Gasteiger partial charge in [-0.05, 0) is 25.1 Å². The zero-order valence-electron chi connectivity index (χ0n) is 10.3. The molecule has 0 saturated heterocycles. The third-order valence-electron chi connectivity index (χ3n) is 2.31. The minimum absolute atomic E-state index is 0.0981. The van der Waals surface area contributed by atoms with Crippen LogP contribution in [0.25, 0.3) is 0 Å². The zero-order valence-corrected chi connectivity index (χ0v) is 10.3. The Bertz CT molecular complexity index is 455. The Balaban J connectivity index is 2.77. The van der Waals surface area contributed by atoms with Gasteiger partial charge in [0.05, 0.1) is 12.7 Å². The Morgan fingerprint density at radius 2 is 2.00 bits per heavy atom. The number of hydrogen-bond acceptors (Lipinski definition) is 4. The van der Waals surface area contributed by atoms with Gasteiger partial charge < -0.3 is 14.6 Å². The number of carbonyl (C=O) groups is 1. The van der Waals surface area contributed by atoms with E-state index in [1.807, 2.05) is 0 Å². The fourth-order valence-electron chi connectivity index (χ4n) is 1.26. The normalized spacial score (nSPS) is 14.6. The van der Waals surface area contributed by atoms with E-state index in [4.69, 9.17) is 4.74 Å². The van der Waals surface area contributed by atoms with E-state index < -0.39 is 29.9 Å². The molecule has 1 atom stereocenters. The standard InChI is InChI=1S/C12H13F3O4/c1-11(17,10(16)18-2)7-19-9-5-3-4-8(6-9)12(13,14)15/h3-6,17H,7H2,1-2H3. The average molecular weight is 278 g/mol. The second-order valence-electron chi connectivity index (χ2n) is 4.08. The van der Waals surface area contributed by atoms with E-state index in [0.29, 0.717) is 0 Å². The van der Waals surface area contributed by atoms with Gasteiger partial charge in [-0.15, -0.1) is 0 Å². The summed E-state index contributed by atoms with van der Waals surface area (Å²) >= 11 is 0. The summed E-state index contributed by atoms with van der Waals surface area (Å²) in [7, 11) is 1.08. The van der Waals surface area contributed by atoms with Gasteiger partial charge in [0.25, 0.3) is 0 Å². The molecule has 0 aliphatic carbocycles. The zero-order chi connectivity index (χ0) is 14.7. The van der Waals surface area contributed by atoms with E-state index in [-0.39, 0.29) is 5.75 Å². The van der Waals surface area contributed by atoms with Crippen molar-refractivity contribution in [2.75, 3.05) is 13.7 Å². The molecule has 1 aromatic carbocycles. The molecule has 0 radical (unpaired) electrons. The quantitative estimate of drug-likeness (QED) is 0.856. The highest BCUT2D eigenvalue weighted by Crippen LogP contribution is 2.31. The van der Waals surface area contributed by atoms with Crippen LogP contribution < -0.4 is 4.74 Å². The molecule has 1 aromatic rings. The van der Waals surface area contributed by atoms with E-state index >= 15 is 0 Å². The van der Waals surface area contributed by atoms with Gasteiger partial charge >= 0.3 is 12.1 Å². The lowest BCUT2D eigenvalue weighted by molar-refractivity contribution is -0.163. The summed E-state index contributed by atoms with van der Waals surface area (Å²) in [6, 6.07) is 4.15. The molecule has 0 aliphatic rings. The number of esters is 1. The third-order valence-corrected chi connectivity index (χ3v) is 2.31. The molecular formula is C12H13F3O4. The van der Waals surface area contributed by atoms with Crippen molar-refractivity contribution >= 4 is 5.97 Å². The van der Waals surface area contributed by atoms with Crippen LogP contribution in [-0.2, 0) is 15.7 Å². The number of aliphatic hydroxyl groups is 1. The number of methoxy groups -OCH3 is 1. The topological polar surface area (TPSA) is 55.8 Å². The molecule has 0 spiro atoms. The molecule has 0 amide bonds. The van der Waals surface area contributed by atoms with Crippen LogP contribution in [-0.4, -0.2) is 30.4 Å². The minimum Gasteiger partial charge on any atom is -0.490 e. The van der Waals surface area contributed by atoms with Crippen molar-refractivity contribution < 1.29 is 32.5 Å². The van der Waals surface area contributed by atoms with Gasteiger partial charge in [-0.25, -0.2) is 4.79 Å². The van der Waals surface area contributed by atoms with E-state index in [2.05, 4.69) is 4.74 Å². The fourth-order valence-corrected chi connectivity index (χ4v) is 1.26. The number of ether oxygens (including phenoxy) is 2. The van der Waals surface area contributed by atoms with Crippen molar-refractivity contribution in [3.63, 3.8) is 0 Å². The Morgan fingerprint density at radius 1 is 1.37 bits per heavy atom. The summed E-state index contributed by atoms with van der Waals surface area (Å²) in [6.07, 6.45) is -4.48. The van der Waals surface area contributed by atoms with Gasteiger partial charge in [-0.3, -0.25) is 0 Å². The summed E-state index contributed by atoms with van der Waals surface area (Å²) in [4.78, 5) is 11.1. The van der Waals surface area contributed by atoms with Gasteiger partial charge in [-0.1, -0.05) is 6.07 Å². The van der Waals surface area contributed by atoms with Crippen molar-refractivity contribution in [1.29, 1.82) is 0 Å². The molecule has 19 heavy (non-hydrogen) atoms. The molecular weight excluding hydrogens is 265 g/mol. The smallest absolute Gasteiger partial charge is 0.416 e. The Kier molecular flexibility index (Phi) is 4.41. The van der Waals surface area contributed by atoms with Crippen LogP contribution in [0.3, 0.4) is 0 Å². The number of carbonyl (C=O) groups excluding carboxylic acids is 1. The largest absolute Gasteiger partial charge is 0.490 e. The highest BCUT2D eigenvalue weighted by molar-refractivity contribution is 5.78. The maximum atomic E-state index is 12.4. The second kappa shape index (κ2) is 5.48. The first kappa shape index (κ1) is 15.3. The minimum atomic E-state index is -4.48. The van der Waals surface area contributed by atoms with Crippen LogP contribution >= 0.6 is 0 Å². The Hall–Kier alpha value is -1.76. The van der Waals surface area contributed by atoms with Crippen molar-refractivity contribution in [3.8, 4) is 5.75 Å². The predicted molar refractivity (Wildman–Crippen MR) is 59.6 cm³/mol. The Labute approximate surface area is 107 Å². The van der Waals surface area contributed by atoms with Gasteiger partial charge in [0, 0.05) is 0 Å². The number of halogens is 3. The molecule has 0 fully saturated rings. The van der Waals surface area contributed by atoms with Gasteiger partial charge in [0.2, 0.25) is 0 Å². The third kappa shape index (κ3) is 4.13. The summed E-state index contributed by atoms with van der Waals surface area (Å²) in [5.41, 5.74) is -2.80. The van der Waals surface area contributed by atoms with Gasteiger partial charge in [0.15, 0.2) is 5.60 Å². The lowest BCUT2D eigenvalue weighted by atomic mass is 10.1. The molecule has 1 rings (SSSR count). The summed E-state index contributed by atoms with van der Waals surface area (Å²) in [6.45, 7) is 0.632.